The van der Waals surface area contributed by atoms with Crippen LogP contribution in [0.3, 0.4) is 0 Å². The molecule has 5 heteroatoms. The number of benzene rings is 1. The molecule has 88 valence electrons. The second kappa shape index (κ2) is 4.07. The minimum absolute atomic E-state index is 0.0221. The lowest BCUT2D eigenvalue weighted by Gasteiger charge is -2.18. The van der Waals surface area contributed by atoms with E-state index >= 15 is 0 Å². The van der Waals surface area contributed by atoms with E-state index in [-0.39, 0.29) is 11.9 Å². The van der Waals surface area contributed by atoms with Crippen molar-refractivity contribution < 1.29 is 4.79 Å². The molecule has 1 atom stereocenters. The number of amides is 1. The van der Waals surface area contributed by atoms with Crippen molar-refractivity contribution in [3.8, 4) is 0 Å². The Bertz CT molecular complexity index is 466. The van der Waals surface area contributed by atoms with Crippen molar-refractivity contribution >= 4 is 44.9 Å². The van der Waals surface area contributed by atoms with Gasteiger partial charge in [-0.15, -0.1) is 0 Å². The fourth-order valence-electron chi connectivity index (χ4n) is 2.45. The molecule has 2 fully saturated rings. The summed E-state index contributed by atoms with van der Waals surface area (Å²) in [5.41, 5.74) is 0.859. The Balaban J connectivity index is 1.96. The van der Waals surface area contributed by atoms with Gasteiger partial charge in [-0.2, -0.15) is 0 Å². The first-order valence-corrected chi connectivity index (χ1v) is 6.79. The van der Waals surface area contributed by atoms with Crippen molar-refractivity contribution in [3.05, 3.63) is 28.7 Å². The second-order valence-electron chi connectivity index (χ2n) is 4.28. The van der Waals surface area contributed by atoms with Gasteiger partial charge in [0.15, 0.2) is 5.11 Å². The van der Waals surface area contributed by atoms with Gasteiger partial charge in [-0.3, -0.25) is 9.69 Å². The Hall–Kier alpha value is -0.940. The van der Waals surface area contributed by atoms with Gasteiger partial charge in [0, 0.05) is 11.0 Å². The van der Waals surface area contributed by atoms with Crippen molar-refractivity contribution in [2.75, 3.05) is 11.4 Å². The van der Waals surface area contributed by atoms with Crippen LogP contribution in [0.15, 0.2) is 28.7 Å². The third-order valence-electron chi connectivity index (χ3n) is 3.28. The Morgan fingerprint density at radius 3 is 2.65 bits per heavy atom. The maximum atomic E-state index is 12.3. The highest BCUT2D eigenvalue weighted by Crippen LogP contribution is 2.31. The molecule has 1 amide bonds. The van der Waals surface area contributed by atoms with Crippen molar-refractivity contribution in [2.24, 2.45) is 0 Å². The summed E-state index contributed by atoms with van der Waals surface area (Å²) in [5, 5.41) is 0.653. The fourth-order valence-corrected chi connectivity index (χ4v) is 3.13. The molecule has 0 spiro atoms. The van der Waals surface area contributed by atoms with E-state index in [2.05, 4.69) is 15.9 Å². The van der Waals surface area contributed by atoms with Crippen LogP contribution in [0.25, 0.3) is 0 Å². The molecule has 2 saturated heterocycles. The smallest absolute Gasteiger partial charge is 0.256 e. The van der Waals surface area contributed by atoms with Crippen LogP contribution in [0.5, 0.6) is 0 Å². The van der Waals surface area contributed by atoms with Gasteiger partial charge in [0.05, 0.1) is 5.69 Å². The van der Waals surface area contributed by atoms with E-state index in [4.69, 9.17) is 12.2 Å². The van der Waals surface area contributed by atoms with E-state index < -0.39 is 0 Å². The topological polar surface area (TPSA) is 23.6 Å². The molecule has 0 aromatic heterocycles. The van der Waals surface area contributed by atoms with Crippen LogP contribution in [0.2, 0.25) is 0 Å². The van der Waals surface area contributed by atoms with Crippen molar-refractivity contribution in [3.63, 3.8) is 0 Å². The molecular weight excluding hydrogens is 300 g/mol. The van der Waals surface area contributed by atoms with E-state index in [9.17, 15) is 4.79 Å². The normalized spacial score (nSPS) is 23.5. The number of rotatable bonds is 1. The van der Waals surface area contributed by atoms with Crippen LogP contribution in [0.4, 0.5) is 5.69 Å². The number of hydrogen-bond donors (Lipinski definition) is 0. The number of halogens is 1. The van der Waals surface area contributed by atoms with Crippen molar-refractivity contribution in [1.82, 2.24) is 4.90 Å². The molecule has 0 bridgehead atoms. The van der Waals surface area contributed by atoms with Gasteiger partial charge in [-0.25, -0.2) is 0 Å². The van der Waals surface area contributed by atoms with Gasteiger partial charge in [0.2, 0.25) is 0 Å². The lowest BCUT2D eigenvalue weighted by Crippen LogP contribution is -2.32. The van der Waals surface area contributed by atoms with E-state index in [1.54, 1.807) is 4.90 Å². The maximum absolute atomic E-state index is 12.3. The highest BCUT2D eigenvalue weighted by Gasteiger charge is 2.45. The average Bonchev–Trinajstić information content (AvgIpc) is 2.87. The molecule has 0 saturated carbocycles. The molecule has 1 aromatic carbocycles. The van der Waals surface area contributed by atoms with E-state index in [1.165, 1.54) is 0 Å². The summed E-state index contributed by atoms with van der Waals surface area (Å²) < 4.78 is 0.999. The van der Waals surface area contributed by atoms with Gasteiger partial charge >= 0.3 is 0 Å². The molecule has 3 rings (SSSR count). The largest absolute Gasteiger partial charge is 0.336 e. The zero-order chi connectivity index (χ0) is 12.0. The molecule has 2 heterocycles. The second-order valence-corrected chi connectivity index (χ2v) is 5.56. The molecule has 2 aliphatic heterocycles. The zero-order valence-electron chi connectivity index (χ0n) is 9.10. The van der Waals surface area contributed by atoms with Crippen LogP contribution in [-0.2, 0) is 4.79 Å². The summed E-state index contributed by atoms with van der Waals surface area (Å²) in [7, 11) is 0. The number of carbonyl (C=O) groups is 1. The predicted molar refractivity (Wildman–Crippen MR) is 74.0 cm³/mol. The summed E-state index contributed by atoms with van der Waals surface area (Å²) in [6.07, 6.45) is 1.98. The first-order valence-electron chi connectivity index (χ1n) is 5.58. The van der Waals surface area contributed by atoms with Gasteiger partial charge < -0.3 is 4.90 Å². The molecule has 1 unspecified atom stereocenters. The highest BCUT2D eigenvalue weighted by atomic mass is 79.9. The van der Waals surface area contributed by atoms with Crippen LogP contribution in [-0.4, -0.2) is 28.5 Å². The summed E-state index contributed by atoms with van der Waals surface area (Å²) in [4.78, 5) is 16.0. The quantitative estimate of drug-likeness (QED) is 0.745. The summed E-state index contributed by atoms with van der Waals surface area (Å²) in [6, 6.07) is 7.65. The lowest BCUT2D eigenvalue weighted by molar-refractivity contribution is -0.119. The Morgan fingerprint density at radius 1 is 1.29 bits per heavy atom. The zero-order valence-corrected chi connectivity index (χ0v) is 11.5. The maximum Gasteiger partial charge on any atom is 0.256 e. The van der Waals surface area contributed by atoms with Crippen molar-refractivity contribution in [1.29, 1.82) is 0 Å². The van der Waals surface area contributed by atoms with E-state index in [0.717, 1.165) is 29.5 Å². The van der Waals surface area contributed by atoms with Crippen LogP contribution < -0.4 is 4.90 Å². The monoisotopic (exact) mass is 310 g/mol. The van der Waals surface area contributed by atoms with E-state index in [0.29, 0.717) is 5.11 Å². The molecule has 0 N–H and O–H groups in total. The van der Waals surface area contributed by atoms with E-state index in [1.807, 2.05) is 29.2 Å². The fraction of sp³-hybridized carbons (Fsp3) is 0.333. The third-order valence-corrected chi connectivity index (χ3v) is 4.23. The minimum Gasteiger partial charge on any atom is -0.336 e. The number of fused-ring (bicyclic) bond motifs is 1. The Labute approximate surface area is 114 Å². The number of thiocarbonyl (C=S) groups is 1. The molecule has 0 radical (unpaired) electrons. The van der Waals surface area contributed by atoms with Gasteiger partial charge in [0.1, 0.15) is 6.04 Å². The first kappa shape index (κ1) is 11.2. The van der Waals surface area contributed by atoms with Gasteiger partial charge in [0.25, 0.3) is 5.91 Å². The summed E-state index contributed by atoms with van der Waals surface area (Å²) >= 11 is 8.78. The number of carbonyl (C=O) groups excluding carboxylic acids is 1. The number of hydrogen-bond acceptors (Lipinski definition) is 2. The molecule has 2 aliphatic rings. The van der Waals surface area contributed by atoms with Gasteiger partial charge in [-0.05, 0) is 49.3 Å². The van der Waals surface area contributed by atoms with Crippen LogP contribution in [0, 0.1) is 0 Å². The number of anilines is 1. The highest BCUT2D eigenvalue weighted by molar-refractivity contribution is 9.10. The number of nitrogens with zero attached hydrogens (tertiary/aromatic N) is 2. The Morgan fingerprint density at radius 2 is 2.00 bits per heavy atom. The summed E-state index contributed by atoms with van der Waals surface area (Å²) in [6.45, 7) is 0.905. The average molecular weight is 311 g/mol. The van der Waals surface area contributed by atoms with Crippen LogP contribution >= 0.6 is 28.1 Å². The molecule has 1 aromatic rings. The predicted octanol–water partition coefficient (Wildman–Crippen LogP) is 2.55. The first-order chi connectivity index (χ1) is 8.18. The van der Waals surface area contributed by atoms with Crippen LogP contribution in [0.1, 0.15) is 12.8 Å². The molecule has 17 heavy (non-hydrogen) atoms. The minimum atomic E-state index is -0.0221. The SMILES string of the molecule is O=C1C2CCCN2C(=S)N1c1ccc(Br)cc1. The molecular formula is C12H11BrN2OS. The van der Waals surface area contributed by atoms with Crippen molar-refractivity contribution in [2.45, 2.75) is 18.9 Å². The molecule has 0 aliphatic carbocycles. The van der Waals surface area contributed by atoms with Gasteiger partial charge in [-0.1, -0.05) is 15.9 Å². The molecule has 3 nitrogen and oxygen atoms in total. The standard InChI is InChI=1S/C12H11BrN2OS/c13-8-3-5-9(6-4-8)15-11(16)10-2-1-7-14(10)12(15)17/h3-6,10H,1-2,7H2. The lowest BCUT2D eigenvalue weighted by atomic mass is 10.2. The summed E-state index contributed by atoms with van der Waals surface area (Å²) in [5.74, 6) is 0.120. The Kier molecular flexibility index (Phi) is 2.67. The third kappa shape index (κ3) is 1.68.